The van der Waals surface area contributed by atoms with Crippen molar-refractivity contribution in [2.24, 2.45) is 0 Å². The quantitative estimate of drug-likeness (QED) is 0.192. The number of nitrogens with zero attached hydrogens (tertiary/aromatic N) is 3. The normalized spacial score (nSPS) is 12.3. The molecule has 0 unspecified atom stereocenters. The number of carbonyl (C=O) groups excluding carboxylic acids is 1. The summed E-state index contributed by atoms with van der Waals surface area (Å²) in [6.45, 7) is 0.491. The Bertz CT molecular complexity index is 1930. The minimum absolute atomic E-state index is 0.120. The Morgan fingerprint density at radius 2 is 1.62 bits per heavy atom. The van der Waals surface area contributed by atoms with Crippen molar-refractivity contribution in [1.82, 2.24) is 14.6 Å². The van der Waals surface area contributed by atoms with Crippen molar-refractivity contribution in [2.45, 2.75) is 12.5 Å². The summed E-state index contributed by atoms with van der Waals surface area (Å²) in [5.74, 6) is 1.54. The third kappa shape index (κ3) is 4.89. The number of benzene rings is 4. The van der Waals surface area contributed by atoms with Crippen molar-refractivity contribution in [3.05, 3.63) is 136 Å². The fourth-order valence-corrected chi connectivity index (χ4v) is 5.81. The number of rotatable bonds is 6. The van der Waals surface area contributed by atoms with Crippen molar-refractivity contribution in [2.75, 3.05) is 10.6 Å². The lowest BCUT2D eigenvalue weighted by Crippen LogP contribution is -2.25. The van der Waals surface area contributed by atoms with Gasteiger partial charge in [-0.2, -0.15) is 9.61 Å². The minimum atomic E-state index is -0.487. The van der Waals surface area contributed by atoms with Gasteiger partial charge in [0, 0.05) is 40.0 Å². The van der Waals surface area contributed by atoms with E-state index in [0.717, 1.165) is 38.2 Å². The summed E-state index contributed by atoms with van der Waals surface area (Å²) in [5.41, 5.74) is 5.61. The number of amides is 1. The molecule has 7 nitrogen and oxygen atoms in total. The molecule has 0 aliphatic carbocycles. The highest BCUT2D eigenvalue weighted by atomic mass is 79.9. The SMILES string of the molecule is O=C(Nc1cccc(CNc2cc(-c3ccccc3Cl)nc3c(Br)cnn23)c1)C1c2ccccc2Oc2ccccc21. The van der Waals surface area contributed by atoms with Crippen LogP contribution in [0.2, 0.25) is 5.02 Å². The number of ether oxygens (including phenoxy) is 1. The molecule has 4 aromatic carbocycles. The molecule has 0 spiro atoms. The van der Waals surface area contributed by atoms with Gasteiger partial charge < -0.3 is 15.4 Å². The van der Waals surface area contributed by atoms with Gasteiger partial charge in [-0.05, 0) is 51.8 Å². The predicted octanol–water partition coefficient (Wildman–Crippen LogP) is 8.30. The number of anilines is 2. The van der Waals surface area contributed by atoms with Gasteiger partial charge in [-0.3, -0.25) is 4.79 Å². The molecule has 1 amide bonds. The molecule has 0 bridgehead atoms. The smallest absolute Gasteiger partial charge is 0.236 e. The first-order chi connectivity index (χ1) is 20.5. The van der Waals surface area contributed by atoms with Crippen molar-refractivity contribution in [3.63, 3.8) is 0 Å². The van der Waals surface area contributed by atoms with Crippen LogP contribution in [-0.4, -0.2) is 20.5 Å². The first kappa shape index (κ1) is 26.3. The van der Waals surface area contributed by atoms with Gasteiger partial charge in [-0.1, -0.05) is 78.3 Å². The molecular formula is C33H23BrClN5O2. The number of aromatic nitrogens is 3. The Labute approximate surface area is 255 Å². The molecule has 42 heavy (non-hydrogen) atoms. The maximum atomic E-state index is 13.7. The molecule has 0 saturated heterocycles. The van der Waals surface area contributed by atoms with Crippen molar-refractivity contribution in [3.8, 4) is 22.8 Å². The number of carbonyl (C=O) groups is 1. The van der Waals surface area contributed by atoms with E-state index in [0.29, 0.717) is 34.4 Å². The summed E-state index contributed by atoms with van der Waals surface area (Å²) in [5, 5.41) is 11.7. The molecule has 9 heteroatoms. The molecule has 0 radical (unpaired) electrons. The molecule has 2 aromatic heterocycles. The van der Waals surface area contributed by atoms with Gasteiger partial charge in [-0.25, -0.2) is 4.98 Å². The highest BCUT2D eigenvalue weighted by Crippen LogP contribution is 2.44. The molecule has 3 heterocycles. The second kappa shape index (κ2) is 11.0. The van der Waals surface area contributed by atoms with Crippen LogP contribution in [0.4, 0.5) is 11.5 Å². The van der Waals surface area contributed by atoms with E-state index < -0.39 is 5.92 Å². The predicted molar refractivity (Wildman–Crippen MR) is 168 cm³/mol. The zero-order chi connectivity index (χ0) is 28.6. The van der Waals surface area contributed by atoms with Gasteiger partial charge >= 0.3 is 0 Å². The van der Waals surface area contributed by atoms with Gasteiger partial charge in [0.25, 0.3) is 0 Å². The van der Waals surface area contributed by atoms with E-state index in [1.165, 1.54) is 0 Å². The third-order valence-corrected chi connectivity index (χ3v) is 8.08. The molecule has 1 aliphatic rings. The minimum Gasteiger partial charge on any atom is -0.457 e. The molecular weight excluding hydrogens is 614 g/mol. The summed E-state index contributed by atoms with van der Waals surface area (Å²) >= 11 is 10.0. The Kier molecular flexibility index (Phi) is 6.85. The van der Waals surface area contributed by atoms with Gasteiger partial charge in [0.05, 0.1) is 22.3 Å². The van der Waals surface area contributed by atoms with Crippen LogP contribution in [0, 0.1) is 0 Å². The molecule has 206 valence electrons. The van der Waals surface area contributed by atoms with Gasteiger partial charge in [0.2, 0.25) is 5.91 Å². The topological polar surface area (TPSA) is 80.5 Å². The molecule has 7 rings (SSSR count). The second-order valence-corrected chi connectivity index (χ2v) is 11.1. The Balaban J connectivity index is 1.14. The van der Waals surface area contributed by atoms with Crippen LogP contribution in [0.1, 0.15) is 22.6 Å². The van der Waals surface area contributed by atoms with Gasteiger partial charge in [0.1, 0.15) is 17.3 Å². The largest absolute Gasteiger partial charge is 0.457 e. The van der Waals surface area contributed by atoms with E-state index in [4.69, 9.17) is 21.3 Å². The molecule has 0 atom stereocenters. The lowest BCUT2D eigenvalue weighted by atomic mass is 9.87. The zero-order valence-corrected chi connectivity index (χ0v) is 24.4. The van der Waals surface area contributed by atoms with Crippen LogP contribution in [0.15, 0.2) is 114 Å². The first-order valence-corrected chi connectivity index (χ1v) is 14.5. The Morgan fingerprint density at radius 3 is 2.38 bits per heavy atom. The summed E-state index contributed by atoms with van der Waals surface area (Å²) in [7, 11) is 0. The average Bonchev–Trinajstić information content (AvgIpc) is 3.39. The van der Waals surface area contributed by atoms with Crippen LogP contribution >= 0.6 is 27.5 Å². The average molecular weight is 637 g/mol. The van der Waals surface area contributed by atoms with Crippen molar-refractivity contribution in [1.29, 1.82) is 0 Å². The monoisotopic (exact) mass is 635 g/mol. The second-order valence-electron chi connectivity index (χ2n) is 9.89. The van der Waals surface area contributed by atoms with Crippen LogP contribution in [0.3, 0.4) is 0 Å². The number of nitrogens with one attached hydrogen (secondary N) is 2. The molecule has 2 N–H and O–H groups in total. The van der Waals surface area contributed by atoms with Gasteiger partial charge in [-0.15, -0.1) is 0 Å². The van der Waals surface area contributed by atoms with Crippen molar-refractivity contribution < 1.29 is 9.53 Å². The van der Waals surface area contributed by atoms with E-state index in [9.17, 15) is 4.79 Å². The highest BCUT2D eigenvalue weighted by molar-refractivity contribution is 9.10. The Hall–Kier alpha value is -4.66. The molecule has 1 aliphatic heterocycles. The molecule has 0 saturated carbocycles. The van der Waals surface area contributed by atoms with Crippen LogP contribution in [0.5, 0.6) is 11.5 Å². The summed E-state index contributed by atoms with van der Waals surface area (Å²) in [4.78, 5) is 18.5. The van der Waals surface area contributed by atoms with E-state index in [1.54, 1.807) is 10.7 Å². The maximum Gasteiger partial charge on any atom is 0.236 e. The third-order valence-electron chi connectivity index (χ3n) is 7.19. The van der Waals surface area contributed by atoms with Crippen LogP contribution in [0.25, 0.3) is 16.9 Å². The molecule has 6 aromatic rings. The summed E-state index contributed by atoms with van der Waals surface area (Å²) in [6.07, 6.45) is 1.71. The summed E-state index contributed by atoms with van der Waals surface area (Å²) < 4.78 is 8.59. The number of hydrogen-bond donors (Lipinski definition) is 2. The van der Waals surface area contributed by atoms with E-state index >= 15 is 0 Å². The fourth-order valence-electron chi connectivity index (χ4n) is 5.23. The van der Waals surface area contributed by atoms with Gasteiger partial charge in [0.15, 0.2) is 5.65 Å². The first-order valence-electron chi connectivity index (χ1n) is 13.3. The zero-order valence-electron chi connectivity index (χ0n) is 22.1. The lowest BCUT2D eigenvalue weighted by Gasteiger charge is -2.27. The number of fused-ring (bicyclic) bond motifs is 3. The van der Waals surface area contributed by atoms with E-state index in [-0.39, 0.29) is 5.91 Å². The van der Waals surface area contributed by atoms with Crippen molar-refractivity contribution >= 4 is 50.6 Å². The number of para-hydroxylation sites is 2. The highest BCUT2D eigenvalue weighted by Gasteiger charge is 2.32. The van der Waals surface area contributed by atoms with Crippen LogP contribution in [-0.2, 0) is 11.3 Å². The molecule has 0 fully saturated rings. The fraction of sp³-hybridized carbons (Fsp3) is 0.0606. The Morgan fingerprint density at radius 1 is 0.905 bits per heavy atom. The van der Waals surface area contributed by atoms with E-state index in [1.807, 2.05) is 103 Å². The summed E-state index contributed by atoms with van der Waals surface area (Å²) in [6, 6.07) is 32.7. The van der Waals surface area contributed by atoms with E-state index in [2.05, 4.69) is 31.7 Å². The van der Waals surface area contributed by atoms with Crippen LogP contribution < -0.4 is 15.4 Å². The lowest BCUT2D eigenvalue weighted by molar-refractivity contribution is -0.116. The number of hydrogen-bond acceptors (Lipinski definition) is 5. The number of halogens is 2. The maximum absolute atomic E-state index is 13.7. The standard InChI is InChI=1S/C33H23BrClN5O2/c34-25-19-37-40-30(17-27(39-32(25)40)22-10-1-4-13-26(22)35)36-18-20-8-7-9-21(16-20)38-33(41)31-23-11-2-5-14-28(23)42-29-15-6-3-12-24(29)31/h1-17,19,31,36H,18H2,(H,38,41).